The van der Waals surface area contributed by atoms with Gasteiger partial charge in [0, 0.05) is 19.3 Å². The van der Waals surface area contributed by atoms with Crippen LogP contribution in [0.15, 0.2) is 36.5 Å². The molecule has 0 saturated heterocycles. The van der Waals surface area contributed by atoms with E-state index < -0.39 is 0 Å². The number of thiazole rings is 1. The first-order chi connectivity index (χ1) is 9.65. The summed E-state index contributed by atoms with van der Waals surface area (Å²) in [6, 6.07) is 10.3. The Hall–Kier alpha value is -1.23. The van der Waals surface area contributed by atoms with Crippen molar-refractivity contribution in [2.45, 2.75) is 32.9 Å². The Bertz CT molecular complexity index is 510. The van der Waals surface area contributed by atoms with Gasteiger partial charge < -0.3 is 10.4 Å². The molecule has 108 valence electrons. The van der Waals surface area contributed by atoms with E-state index in [1.54, 1.807) is 11.3 Å². The third-order valence-corrected chi connectivity index (χ3v) is 4.06. The molecule has 3 nitrogen and oxygen atoms in total. The Morgan fingerprint density at radius 3 is 2.70 bits per heavy atom. The van der Waals surface area contributed by atoms with Gasteiger partial charge in [-0.2, -0.15) is 0 Å². The van der Waals surface area contributed by atoms with Crippen molar-refractivity contribution in [3.8, 4) is 10.4 Å². The first-order valence-corrected chi connectivity index (χ1v) is 7.85. The first-order valence-electron chi connectivity index (χ1n) is 7.04. The topological polar surface area (TPSA) is 45.1 Å². The zero-order valence-electron chi connectivity index (χ0n) is 12.0. The van der Waals surface area contributed by atoms with Crippen molar-refractivity contribution in [1.29, 1.82) is 0 Å². The van der Waals surface area contributed by atoms with Crippen LogP contribution in [0.1, 0.15) is 25.3 Å². The summed E-state index contributed by atoms with van der Waals surface area (Å²) in [7, 11) is 0. The number of benzene rings is 1. The first kappa shape index (κ1) is 15.2. The van der Waals surface area contributed by atoms with Gasteiger partial charge in [-0.1, -0.05) is 44.2 Å². The maximum atomic E-state index is 9.80. The highest BCUT2D eigenvalue weighted by molar-refractivity contribution is 7.15. The fraction of sp³-hybridized carbons (Fsp3) is 0.438. The molecule has 0 fully saturated rings. The van der Waals surface area contributed by atoms with Crippen LogP contribution >= 0.6 is 11.3 Å². The van der Waals surface area contributed by atoms with Crippen molar-refractivity contribution < 1.29 is 5.11 Å². The average molecular weight is 290 g/mol. The SMILES string of the molecule is CC(C)CC(O)CNCc1ncc(-c2ccccc2)s1. The van der Waals surface area contributed by atoms with Gasteiger partial charge in [-0.15, -0.1) is 11.3 Å². The second kappa shape index (κ2) is 7.53. The lowest BCUT2D eigenvalue weighted by atomic mass is 10.1. The quantitative estimate of drug-likeness (QED) is 0.822. The van der Waals surface area contributed by atoms with E-state index in [0.29, 0.717) is 19.0 Å². The molecule has 0 radical (unpaired) electrons. The molecule has 0 saturated carbocycles. The van der Waals surface area contributed by atoms with Crippen molar-refractivity contribution in [2.24, 2.45) is 5.92 Å². The van der Waals surface area contributed by atoms with Crippen molar-refractivity contribution in [2.75, 3.05) is 6.54 Å². The van der Waals surface area contributed by atoms with Crippen LogP contribution in [0.4, 0.5) is 0 Å². The van der Waals surface area contributed by atoms with Gasteiger partial charge in [0.2, 0.25) is 0 Å². The van der Waals surface area contributed by atoms with Crippen molar-refractivity contribution >= 4 is 11.3 Å². The van der Waals surface area contributed by atoms with Crippen LogP contribution in [0, 0.1) is 5.92 Å². The fourth-order valence-electron chi connectivity index (χ4n) is 2.10. The Morgan fingerprint density at radius 1 is 1.25 bits per heavy atom. The summed E-state index contributed by atoms with van der Waals surface area (Å²) in [4.78, 5) is 5.61. The fourth-order valence-corrected chi connectivity index (χ4v) is 2.99. The second-order valence-corrected chi connectivity index (χ2v) is 6.51. The summed E-state index contributed by atoms with van der Waals surface area (Å²) >= 11 is 1.70. The standard InChI is InChI=1S/C16H22N2OS/c1-12(2)8-14(19)9-17-11-16-18-10-15(20-16)13-6-4-3-5-7-13/h3-7,10,12,14,17,19H,8-9,11H2,1-2H3. The van der Waals surface area contributed by atoms with E-state index in [2.05, 4.69) is 36.3 Å². The van der Waals surface area contributed by atoms with Crippen LogP contribution < -0.4 is 5.32 Å². The molecule has 0 aliphatic rings. The number of aromatic nitrogens is 1. The predicted octanol–water partition coefficient (Wildman–Crippen LogP) is 3.31. The second-order valence-electron chi connectivity index (χ2n) is 5.40. The zero-order chi connectivity index (χ0) is 14.4. The molecule has 0 spiro atoms. The van der Waals surface area contributed by atoms with Gasteiger partial charge in [0.25, 0.3) is 0 Å². The van der Waals surface area contributed by atoms with Gasteiger partial charge in [0.15, 0.2) is 0 Å². The molecule has 1 aromatic carbocycles. The predicted molar refractivity (Wildman–Crippen MR) is 84.7 cm³/mol. The Balaban J connectivity index is 1.82. The number of hydrogen-bond donors (Lipinski definition) is 2. The molecule has 2 N–H and O–H groups in total. The smallest absolute Gasteiger partial charge is 0.107 e. The zero-order valence-corrected chi connectivity index (χ0v) is 12.9. The van der Waals surface area contributed by atoms with Crippen molar-refractivity contribution in [3.05, 3.63) is 41.5 Å². The number of nitrogens with one attached hydrogen (secondary N) is 1. The van der Waals surface area contributed by atoms with E-state index in [0.717, 1.165) is 11.4 Å². The molecule has 2 aromatic rings. The lowest BCUT2D eigenvalue weighted by Gasteiger charge is -2.13. The summed E-state index contributed by atoms with van der Waals surface area (Å²) in [6.45, 7) is 5.58. The van der Waals surface area contributed by atoms with Gasteiger partial charge in [-0.05, 0) is 17.9 Å². The maximum Gasteiger partial charge on any atom is 0.107 e. The summed E-state index contributed by atoms with van der Waals surface area (Å²) < 4.78 is 0. The van der Waals surface area contributed by atoms with Gasteiger partial charge in [0.1, 0.15) is 5.01 Å². The highest BCUT2D eigenvalue weighted by atomic mass is 32.1. The molecule has 4 heteroatoms. The van der Waals surface area contributed by atoms with E-state index in [1.165, 1.54) is 10.4 Å². The van der Waals surface area contributed by atoms with E-state index in [1.807, 2.05) is 24.4 Å². The summed E-state index contributed by atoms with van der Waals surface area (Å²) in [5.74, 6) is 0.524. The molecule has 0 bridgehead atoms. The molecular weight excluding hydrogens is 268 g/mol. The molecule has 0 aliphatic carbocycles. The minimum atomic E-state index is -0.274. The Kier molecular flexibility index (Phi) is 5.71. The lowest BCUT2D eigenvalue weighted by Crippen LogP contribution is -2.27. The van der Waals surface area contributed by atoms with Gasteiger partial charge in [-0.3, -0.25) is 0 Å². The normalized spacial score (nSPS) is 12.8. The van der Waals surface area contributed by atoms with Gasteiger partial charge >= 0.3 is 0 Å². The third-order valence-electron chi connectivity index (χ3n) is 3.01. The van der Waals surface area contributed by atoms with Crippen LogP contribution in [-0.4, -0.2) is 22.7 Å². The van der Waals surface area contributed by atoms with Crippen LogP contribution in [-0.2, 0) is 6.54 Å². The van der Waals surface area contributed by atoms with E-state index in [4.69, 9.17) is 0 Å². The maximum absolute atomic E-state index is 9.80. The molecule has 0 aliphatic heterocycles. The number of hydrogen-bond acceptors (Lipinski definition) is 4. The minimum absolute atomic E-state index is 0.274. The van der Waals surface area contributed by atoms with E-state index in [9.17, 15) is 5.11 Å². The highest BCUT2D eigenvalue weighted by Crippen LogP contribution is 2.25. The molecule has 20 heavy (non-hydrogen) atoms. The van der Waals surface area contributed by atoms with E-state index >= 15 is 0 Å². The largest absolute Gasteiger partial charge is 0.392 e. The van der Waals surface area contributed by atoms with Crippen molar-refractivity contribution in [1.82, 2.24) is 10.3 Å². The molecule has 1 unspecified atom stereocenters. The number of aliphatic hydroxyl groups excluding tert-OH is 1. The van der Waals surface area contributed by atoms with Gasteiger partial charge in [-0.25, -0.2) is 4.98 Å². The summed E-state index contributed by atoms with van der Waals surface area (Å²) in [6.07, 6.45) is 2.48. The average Bonchev–Trinajstić information content (AvgIpc) is 2.88. The van der Waals surface area contributed by atoms with Gasteiger partial charge in [0.05, 0.1) is 11.0 Å². The lowest BCUT2D eigenvalue weighted by molar-refractivity contribution is 0.146. The van der Waals surface area contributed by atoms with E-state index in [-0.39, 0.29) is 6.10 Å². The highest BCUT2D eigenvalue weighted by Gasteiger charge is 2.08. The molecule has 1 heterocycles. The molecule has 2 rings (SSSR count). The summed E-state index contributed by atoms with van der Waals surface area (Å²) in [5.41, 5.74) is 1.20. The Morgan fingerprint density at radius 2 is 2.00 bits per heavy atom. The third kappa shape index (κ3) is 4.71. The van der Waals surface area contributed by atoms with Crippen LogP contribution in [0.25, 0.3) is 10.4 Å². The molecular formula is C16H22N2OS. The van der Waals surface area contributed by atoms with Crippen molar-refractivity contribution in [3.63, 3.8) is 0 Å². The van der Waals surface area contributed by atoms with Crippen LogP contribution in [0.3, 0.4) is 0 Å². The molecule has 1 atom stereocenters. The summed E-state index contributed by atoms with van der Waals surface area (Å²) in [5, 5.41) is 14.1. The van der Waals surface area contributed by atoms with Crippen LogP contribution in [0.5, 0.6) is 0 Å². The number of nitrogens with zero attached hydrogens (tertiary/aromatic N) is 1. The number of rotatable bonds is 7. The molecule has 0 amide bonds. The van der Waals surface area contributed by atoms with Crippen LogP contribution in [0.2, 0.25) is 0 Å². The molecule has 1 aromatic heterocycles. The monoisotopic (exact) mass is 290 g/mol. The minimum Gasteiger partial charge on any atom is -0.392 e. The number of aliphatic hydroxyl groups is 1. The Labute approximate surface area is 124 Å².